The maximum absolute atomic E-state index is 6.11. The standard InChI is InChI=1S/C18H25ClN2O2/c1-21-8-9-22-17(11-21)18(12-2-4-13(19)5-3-12)20-15-10-14-6-7-16(15)23-14/h2-5,14-18,20H,6-11H2,1H3. The van der Waals surface area contributed by atoms with Gasteiger partial charge in [0.1, 0.15) is 0 Å². The number of rotatable bonds is 4. The van der Waals surface area contributed by atoms with Crippen molar-refractivity contribution in [2.75, 3.05) is 26.7 Å². The minimum Gasteiger partial charge on any atom is -0.374 e. The van der Waals surface area contributed by atoms with E-state index >= 15 is 0 Å². The summed E-state index contributed by atoms with van der Waals surface area (Å²) >= 11 is 6.07. The van der Waals surface area contributed by atoms with Crippen molar-refractivity contribution in [1.29, 1.82) is 0 Å². The van der Waals surface area contributed by atoms with Gasteiger partial charge < -0.3 is 19.7 Å². The van der Waals surface area contributed by atoms with Crippen molar-refractivity contribution < 1.29 is 9.47 Å². The Hall–Kier alpha value is -0.650. The molecule has 3 aliphatic heterocycles. The van der Waals surface area contributed by atoms with Crippen LogP contribution in [0.3, 0.4) is 0 Å². The normalized spacial score (nSPS) is 35.6. The maximum Gasteiger partial charge on any atom is 0.0896 e. The SMILES string of the molecule is CN1CCOC(C(NC2CC3CCC2O3)c2ccc(Cl)cc2)C1. The van der Waals surface area contributed by atoms with Gasteiger partial charge in [0.2, 0.25) is 0 Å². The number of benzene rings is 1. The zero-order valence-electron chi connectivity index (χ0n) is 13.6. The van der Waals surface area contributed by atoms with Crippen LogP contribution in [0.5, 0.6) is 0 Å². The minimum atomic E-state index is 0.161. The molecule has 0 saturated carbocycles. The van der Waals surface area contributed by atoms with Gasteiger partial charge in [-0.25, -0.2) is 0 Å². The van der Waals surface area contributed by atoms with Crippen LogP contribution in [-0.2, 0) is 9.47 Å². The molecular formula is C18H25ClN2O2. The second kappa shape index (κ2) is 6.69. The lowest BCUT2D eigenvalue weighted by Gasteiger charge is -2.38. The Bertz CT molecular complexity index is 538. The summed E-state index contributed by atoms with van der Waals surface area (Å²) < 4.78 is 12.1. The van der Waals surface area contributed by atoms with Gasteiger partial charge in [-0.2, -0.15) is 0 Å². The van der Waals surface area contributed by atoms with E-state index in [0.29, 0.717) is 18.2 Å². The average molecular weight is 337 g/mol. The Morgan fingerprint density at radius 2 is 2.09 bits per heavy atom. The van der Waals surface area contributed by atoms with Gasteiger partial charge in [-0.3, -0.25) is 0 Å². The highest BCUT2D eigenvalue weighted by Crippen LogP contribution is 2.36. The molecule has 3 aliphatic rings. The Balaban J connectivity index is 1.54. The van der Waals surface area contributed by atoms with Crippen LogP contribution in [0, 0.1) is 0 Å². The summed E-state index contributed by atoms with van der Waals surface area (Å²) in [5.74, 6) is 0. The van der Waals surface area contributed by atoms with E-state index in [-0.39, 0.29) is 12.1 Å². The largest absolute Gasteiger partial charge is 0.374 e. The predicted octanol–water partition coefficient (Wildman–Crippen LogP) is 2.62. The first-order valence-corrected chi connectivity index (χ1v) is 9.04. The lowest BCUT2D eigenvalue weighted by molar-refractivity contribution is -0.0426. The summed E-state index contributed by atoms with van der Waals surface area (Å²) in [7, 11) is 2.16. The average Bonchev–Trinajstić information content (AvgIpc) is 3.16. The summed E-state index contributed by atoms with van der Waals surface area (Å²) in [5, 5.41) is 4.63. The molecule has 1 aromatic carbocycles. The summed E-state index contributed by atoms with van der Waals surface area (Å²) in [6, 6.07) is 8.79. The first-order valence-electron chi connectivity index (χ1n) is 8.66. The van der Waals surface area contributed by atoms with E-state index < -0.39 is 0 Å². The summed E-state index contributed by atoms with van der Waals surface area (Å²) in [5.41, 5.74) is 1.25. The molecule has 3 heterocycles. The zero-order chi connectivity index (χ0) is 15.8. The molecule has 1 N–H and O–H groups in total. The molecule has 5 atom stereocenters. The fourth-order valence-electron chi connectivity index (χ4n) is 4.14. The van der Waals surface area contributed by atoms with E-state index in [1.807, 2.05) is 12.1 Å². The van der Waals surface area contributed by atoms with Crippen molar-refractivity contribution in [3.8, 4) is 0 Å². The summed E-state index contributed by atoms with van der Waals surface area (Å²) in [4.78, 5) is 2.34. The Morgan fingerprint density at radius 1 is 1.26 bits per heavy atom. The number of ether oxygens (including phenoxy) is 2. The lowest BCUT2D eigenvalue weighted by Crippen LogP contribution is -2.50. The Kier molecular flexibility index (Phi) is 4.61. The van der Waals surface area contributed by atoms with Gasteiger partial charge in [0, 0.05) is 24.2 Å². The van der Waals surface area contributed by atoms with Gasteiger partial charge in [-0.15, -0.1) is 0 Å². The van der Waals surface area contributed by atoms with Crippen LogP contribution in [0.1, 0.15) is 30.9 Å². The highest BCUT2D eigenvalue weighted by Gasteiger charge is 2.42. The Morgan fingerprint density at radius 3 is 2.74 bits per heavy atom. The Labute approximate surface area is 143 Å². The number of hydrogen-bond donors (Lipinski definition) is 1. The van der Waals surface area contributed by atoms with Gasteiger partial charge >= 0.3 is 0 Å². The molecule has 0 amide bonds. The van der Waals surface area contributed by atoms with E-state index in [1.54, 1.807) is 0 Å². The van der Waals surface area contributed by atoms with Crippen LogP contribution in [0.25, 0.3) is 0 Å². The van der Waals surface area contributed by atoms with Crippen molar-refractivity contribution >= 4 is 11.6 Å². The van der Waals surface area contributed by atoms with E-state index in [0.717, 1.165) is 31.1 Å². The number of fused-ring (bicyclic) bond motifs is 2. The first kappa shape index (κ1) is 15.9. The molecule has 0 aromatic heterocycles. The van der Waals surface area contributed by atoms with Gasteiger partial charge in [0.25, 0.3) is 0 Å². The van der Waals surface area contributed by atoms with Crippen molar-refractivity contribution in [1.82, 2.24) is 10.2 Å². The molecule has 5 unspecified atom stereocenters. The second-order valence-electron chi connectivity index (χ2n) is 7.08. The van der Waals surface area contributed by atoms with Crippen LogP contribution in [0.2, 0.25) is 5.02 Å². The third-order valence-electron chi connectivity index (χ3n) is 5.40. The smallest absolute Gasteiger partial charge is 0.0896 e. The minimum absolute atomic E-state index is 0.161. The van der Waals surface area contributed by atoms with Gasteiger partial charge in [-0.05, 0) is 44.0 Å². The van der Waals surface area contributed by atoms with E-state index in [2.05, 4.69) is 29.4 Å². The second-order valence-corrected chi connectivity index (χ2v) is 7.52. The third-order valence-corrected chi connectivity index (χ3v) is 5.65. The van der Waals surface area contributed by atoms with Crippen LogP contribution in [0.4, 0.5) is 0 Å². The zero-order valence-corrected chi connectivity index (χ0v) is 14.3. The molecule has 3 fully saturated rings. The molecule has 4 nitrogen and oxygen atoms in total. The highest BCUT2D eigenvalue weighted by atomic mass is 35.5. The molecule has 126 valence electrons. The first-order chi connectivity index (χ1) is 11.2. The summed E-state index contributed by atoms with van der Waals surface area (Å²) in [6.07, 6.45) is 4.51. The molecular weight excluding hydrogens is 312 g/mol. The molecule has 0 radical (unpaired) electrons. The molecule has 0 spiro atoms. The third kappa shape index (κ3) is 3.42. The van der Waals surface area contributed by atoms with Crippen molar-refractivity contribution in [3.63, 3.8) is 0 Å². The molecule has 23 heavy (non-hydrogen) atoms. The fourth-order valence-corrected chi connectivity index (χ4v) is 4.27. The fraction of sp³-hybridized carbons (Fsp3) is 0.667. The quantitative estimate of drug-likeness (QED) is 0.916. The number of likely N-dealkylation sites (N-methyl/N-ethyl adjacent to an activating group) is 1. The number of morpholine rings is 1. The van der Waals surface area contributed by atoms with Crippen molar-refractivity contribution in [3.05, 3.63) is 34.9 Å². The van der Waals surface area contributed by atoms with E-state index in [4.69, 9.17) is 21.1 Å². The van der Waals surface area contributed by atoms with Crippen molar-refractivity contribution in [2.45, 2.75) is 49.7 Å². The molecule has 2 bridgehead atoms. The van der Waals surface area contributed by atoms with Crippen LogP contribution < -0.4 is 5.32 Å². The van der Waals surface area contributed by atoms with Gasteiger partial charge in [0.05, 0.1) is 31.0 Å². The molecule has 5 heteroatoms. The van der Waals surface area contributed by atoms with Crippen LogP contribution in [-0.4, -0.2) is 56.0 Å². The van der Waals surface area contributed by atoms with Crippen LogP contribution in [0.15, 0.2) is 24.3 Å². The van der Waals surface area contributed by atoms with Gasteiger partial charge in [-0.1, -0.05) is 23.7 Å². The predicted molar refractivity (Wildman–Crippen MR) is 90.9 cm³/mol. The van der Waals surface area contributed by atoms with Crippen LogP contribution >= 0.6 is 11.6 Å². The number of nitrogens with zero attached hydrogens (tertiary/aromatic N) is 1. The van der Waals surface area contributed by atoms with Gasteiger partial charge in [0.15, 0.2) is 0 Å². The maximum atomic E-state index is 6.11. The highest BCUT2D eigenvalue weighted by molar-refractivity contribution is 6.30. The molecule has 1 aromatic rings. The molecule has 3 saturated heterocycles. The molecule has 0 aliphatic carbocycles. The summed E-state index contributed by atoms with van der Waals surface area (Å²) in [6.45, 7) is 2.74. The number of nitrogens with one attached hydrogen (secondary N) is 1. The van der Waals surface area contributed by atoms with E-state index in [9.17, 15) is 0 Å². The molecule has 4 rings (SSSR count). The number of halogens is 1. The van der Waals surface area contributed by atoms with E-state index in [1.165, 1.54) is 18.4 Å². The number of hydrogen-bond acceptors (Lipinski definition) is 4. The van der Waals surface area contributed by atoms with Crippen molar-refractivity contribution in [2.24, 2.45) is 0 Å². The monoisotopic (exact) mass is 336 g/mol. The lowest BCUT2D eigenvalue weighted by atomic mass is 9.92. The topological polar surface area (TPSA) is 33.7 Å².